The van der Waals surface area contributed by atoms with Crippen molar-refractivity contribution in [2.24, 2.45) is 0 Å². The molecule has 11 nitrogen and oxygen atoms in total. The molecule has 8 rings (SSSR count). The number of likely N-dealkylation sites (tertiary alicyclic amines) is 1. The Morgan fingerprint density at radius 2 is 1.87 bits per heavy atom. The number of fused-ring (bicyclic) bond motifs is 5. The van der Waals surface area contributed by atoms with E-state index in [1.807, 2.05) is 24.4 Å². The van der Waals surface area contributed by atoms with Gasteiger partial charge in [0.05, 0.1) is 54.5 Å². The van der Waals surface area contributed by atoms with Gasteiger partial charge in [0.15, 0.2) is 0 Å². The molecule has 2 aliphatic rings. The number of nitrogens with one attached hydrogen (secondary N) is 3. The Morgan fingerprint density at radius 3 is 2.70 bits per heavy atom. The second kappa shape index (κ2) is 11.3. The number of aromatic amines is 2. The van der Waals surface area contributed by atoms with Gasteiger partial charge >= 0.3 is 6.09 Å². The molecule has 11 heteroatoms. The van der Waals surface area contributed by atoms with Gasteiger partial charge in [0.2, 0.25) is 12.1 Å². The van der Waals surface area contributed by atoms with Crippen molar-refractivity contribution in [3.8, 4) is 39.5 Å². The Kier molecular flexibility index (Phi) is 6.78. The minimum absolute atomic E-state index is 0.122. The maximum absolute atomic E-state index is 12.9. The number of aromatic nitrogens is 5. The normalized spacial score (nSPS) is 16.9. The predicted octanol–water partition coefficient (Wildman–Crippen LogP) is 6.05. The monoisotopic (exact) mass is 613 g/mol. The third-order valence-electron chi connectivity index (χ3n) is 8.83. The summed E-state index contributed by atoms with van der Waals surface area (Å²) in [6.07, 6.45) is 5.97. The summed E-state index contributed by atoms with van der Waals surface area (Å²) in [6, 6.07) is 24.9. The number of carbonyl (C=O) groups is 2. The molecule has 2 amide bonds. The molecule has 2 atom stereocenters. The molecule has 0 spiro atoms. The van der Waals surface area contributed by atoms with Crippen molar-refractivity contribution in [2.45, 2.75) is 25.1 Å². The molecule has 0 bridgehead atoms. The molecular formula is C35H31N7O4. The topological polar surface area (TPSA) is 130 Å². The molecule has 0 aliphatic carbocycles. The molecule has 5 heterocycles. The van der Waals surface area contributed by atoms with E-state index < -0.39 is 6.09 Å². The van der Waals surface area contributed by atoms with Crippen LogP contribution in [0.1, 0.15) is 36.5 Å². The number of methoxy groups -OCH3 is 1. The number of H-pyrrole nitrogens is 2. The lowest BCUT2D eigenvalue weighted by atomic mass is 10.0. The Hall–Kier alpha value is -5.84. The fraction of sp³-hybridized carbons (Fsp3) is 0.200. The molecule has 0 saturated carbocycles. The third kappa shape index (κ3) is 4.76. The van der Waals surface area contributed by atoms with Crippen LogP contribution in [-0.2, 0) is 9.53 Å². The zero-order valence-corrected chi connectivity index (χ0v) is 25.1. The van der Waals surface area contributed by atoms with E-state index in [0.29, 0.717) is 12.4 Å². The van der Waals surface area contributed by atoms with Crippen LogP contribution in [0.2, 0.25) is 0 Å². The first kappa shape index (κ1) is 27.7. The van der Waals surface area contributed by atoms with Crippen LogP contribution in [0.4, 0.5) is 4.79 Å². The highest BCUT2D eigenvalue weighted by Gasteiger charge is 2.33. The van der Waals surface area contributed by atoms with Crippen LogP contribution in [-0.4, -0.2) is 61.6 Å². The zero-order chi connectivity index (χ0) is 31.2. The van der Waals surface area contributed by atoms with Crippen LogP contribution in [0, 0.1) is 0 Å². The van der Waals surface area contributed by atoms with Gasteiger partial charge in [-0.05, 0) is 43.2 Å². The molecule has 1 saturated heterocycles. The highest BCUT2D eigenvalue weighted by Crippen LogP contribution is 2.46. The Morgan fingerprint density at radius 1 is 1.02 bits per heavy atom. The fourth-order valence-corrected chi connectivity index (χ4v) is 6.61. The summed E-state index contributed by atoms with van der Waals surface area (Å²) in [6.45, 7) is 0.482. The van der Waals surface area contributed by atoms with Crippen molar-refractivity contribution in [1.82, 2.24) is 34.7 Å². The van der Waals surface area contributed by atoms with Crippen LogP contribution in [0.5, 0.6) is 5.75 Å². The number of benzene rings is 3. The summed E-state index contributed by atoms with van der Waals surface area (Å²) in [5, 5.41) is 3.59. The van der Waals surface area contributed by atoms with Crippen molar-refractivity contribution < 1.29 is 19.1 Å². The summed E-state index contributed by atoms with van der Waals surface area (Å²) in [4.78, 5) is 41.6. The van der Waals surface area contributed by atoms with E-state index in [0.717, 1.165) is 68.8 Å². The van der Waals surface area contributed by atoms with Crippen molar-refractivity contribution in [3.05, 3.63) is 103 Å². The average Bonchev–Trinajstić information content (AvgIpc) is 3.92. The fourth-order valence-electron chi connectivity index (χ4n) is 6.61. The minimum Gasteiger partial charge on any atom is -0.465 e. The smallest absolute Gasteiger partial charge is 0.407 e. The number of hydrogen-bond acceptors (Lipinski definition) is 6. The number of nitrogens with zero attached hydrogens (tertiary/aromatic N) is 4. The van der Waals surface area contributed by atoms with Crippen LogP contribution >= 0.6 is 0 Å². The molecule has 3 aromatic heterocycles. The van der Waals surface area contributed by atoms with Crippen LogP contribution < -0.4 is 10.1 Å². The van der Waals surface area contributed by atoms with Gasteiger partial charge in [0.25, 0.3) is 0 Å². The van der Waals surface area contributed by atoms with Gasteiger partial charge in [-0.25, -0.2) is 14.8 Å². The Bertz CT molecular complexity index is 2070. The minimum atomic E-state index is -0.632. The van der Waals surface area contributed by atoms with E-state index in [2.05, 4.69) is 89.2 Å². The molecular weight excluding hydrogens is 582 g/mol. The molecule has 3 N–H and O–H groups in total. The summed E-state index contributed by atoms with van der Waals surface area (Å²) in [7, 11) is 1.27. The van der Waals surface area contributed by atoms with Crippen molar-refractivity contribution in [2.75, 3.05) is 20.2 Å². The third-order valence-corrected chi connectivity index (χ3v) is 8.83. The van der Waals surface area contributed by atoms with Gasteiger partial charge in [0, 0.05) is 34.2 Å². The van der Waals surface area contributed by atoms with E-state index in [-0.39, 0.29) is 24.7 Å². The number of rotatable bonds is 6. The molecule has 3 aromatic carbocycles. The average molecular weight is 614 g/mol. The maximum Gasteiger partial charge on any atom is 0.407 e. The number of carbonyl (C=O) groups excluding carboxylic acids is 2. The number of alkyl carbamates (subject to hydrolysis) is 1. The van der Waals surface area contributed by atoms with E-state index in [4.69, 9.17) is 4.74 Å². The van der Waals surface area contributed by atoms with Gasteiger partial charge in [0.1, 0.15) is 18.1 Å². The maximum atomic E-state index is 12.9. The second-order valence-electron chi connectivity index (χ2n) is 11.5. The number of imidazole rings is 2. The van der Waals surface area contributed by atoms with Gasteiger partial charge in [-0.1, -0.05) is 42.5 Å². The van der Waals surface area contributed by atoms with E-state index in [9.17, 15) is 9.59 Å². The number of amides is 2. The van der Waals surface area contributed by atoms with Crippen LogP contribution in [0.25, 0.3) is 44.7 Å². The van der Waals surface area contributed by atoms with Crippen molar-refractivity contribution >= 4 is 22.9 Å². The summed E-state index contributed by atoms with van der Waals surface area (Å²) < 4.78 is 13.7. The molecule has 2 aliphatic heterocycles. The lowest BCUT2D eigenvalue weighted by Crippen LogP contribution is -2.40. The lowest BCUT2D eigenvalue weighted by Gasteiger charge is -2.30. The van der Waals surface area contributed by atoms with Gasteiger partial charge in [-0.3, -0.25) is 4.79 Å². The highest BCUT2D eigenvalue weighted by atomic mass is 16.5. The van der Waals surface area contributed by atoms with Gasteiger partial charge < -0.3 is 34.2 Å². The number of hydrogen-bond donors (Lipinski definition) is 3. The molecule has 2 unspecified atom stereocenters. The molecule has 230 valence electrons. The second-order valence-corrected chi connectivity index (χ2v) is 11.5. The largest absolute Gasteiger partial charge is 0.465 e. The lowest BCUT2D eigenvalue weighted by molar-refractivity contribution is -0.131. The quantitative estimate of drug-likeness (QED) is 0.210. The van der Waals surface area contributed by atoms with Gasteiger partial charge in [-0.15, -0.1) is 0 Å². The van der Waals surface area contributed by atoms with Crippen molar-refractivity contribution in [3.63, 3.8) is 0 Å². The van der Waals surface area contributed by atoms with E-state index in [1.165, 1.54) is 7.11 Å². The standard InChI is InChI=1S/C35H31N7O4/c1-45-35(44)38-19-32(43)41-13-5-8-29(41)33-37-18-27(40-33)23-9-11-25-30-15-24-14-22(26-17-36-20-39-26)10-12-28(24)42(30)34(46-31(25)16-23)21-6-3-2-4-7-21/h2-4,6-7,9-12,14-18,20,29,34H,5,8,13,19H2,1H3,(H,36,39)(H,37,40)(H,38,44). The molecule has 46 heavy (non-hydrogen) atoms. The summed E-state index contributed by atoms with van der Waals surface area (Å²) in [5.74, 6) is 1.32. The zero-order valence-electron chi connectivity index (χ0n) is 25.1. The summed E-state index contributed by atoms with van der Waals surface area (Å²) in [5.41, 5.74) is 8.00. The Labute approximate surface area is 264 Å². The number of ether oxygens (including phenoxy) is 2. The Balaban J connectivity index is 1.14. The van der Waals surface area contributed by atoms with E-state index in [1.54, 1.807) is 17.4 Å². The van der Waals surface area contributed by atoms with E-state index >= 15 is 0 Å². The van der Waals surface area contributed by atoms with Gasteiger partial charge in [-0.2, -0.15) is 0 Å². The van der Waals surface area contributed by atoms with Crippen LogP contribution in [0.3, 0.4) is 0 Å². The first-order valence-corrected chi connectivity index (χ1v) is 15.2. The molecule has 0 radical (unpaired) electrons. The highest BCUT2D eigenvalue weighted by molar-refractivity contribution is 5.92. The molecule has 6 aromatic rings. The van der Waals surface area contributed by atoms with Crippen LogP contribution in [0.15, 0.2) is 91.5 Å². The first-order chi connectivity index (χ1) is 22.6. The van der Waals surface area contributed by atoms with Crippen molar-refractivity contribution in [1.29, 1.82) is 0 Å². The summed E-state index contributed by atoms with van der Waals surface area (Å²) >= 11 is 0. The predicted molar refractivity (Wildman–Crippen MR) is 172 cm³/mol. The first-order valence-electron chi connectivity index (χ1n) is 15.2. The molecule has 1 fully saturated rings. The SMILES string of the molecule is COC(=O)NCC(=O)N1CCCC1c1ncc(-c2ccc3c(c2)OC(c2ccccc2)n2c-3cc3cc(-c4cnc[nH]4)ccc32)[nH]1.